The molecule has 7 heteroatoms. The molecule has 2 amide bonds. The lowest BCUT2D eigenvalue weighted by Gasteiger charge is -2.37. The Labute approximate surface area is 209 Å². The number of ether oxygens (including phenoxy) is 1. The number of aliphatic hydroxyl groups is 1. The number of aliphatic hydroxyl groups excluding tert-OH is 1. The summed E-state index contributed by atoms with van der Waals surface area (Å²) in [6, 6.07) is 7.16. The molecule has 0 bridgehead atoms. The van der Waals surface area contributed by atoms with Crippen molar-refractivity contribution < 1.29 is 24.2 Å². The fourth-order valence-corrected chi connectivity index (χ4v) is 4.12. The third-order valence-electron chi connectivity index (χ3n) is 6.45. The van der Waals surface area contributed by atoms with Crippen LogP contribution in [0, 0.1) is 11.3 Å². The lowest BCUT2D eigenvalue weighted by atomic mass is 9.86. The Balaban J connectivity index is 2.08. The first-order valence-corrected chi connectivity index (χ1v) is 12.3. The van der Waals surface area contributed by atoms with Crippen LogP contribution >= 0.6 is 0 Å². The first kappa shape index (κ1) is 28.3. The van der Waals surface area contributed by atoms with Crippen LogP contribution < -0.4 is 5.32 Å². The molecule has 35 heavy (non-hydrogen) atoms. The van der Waals surface area contributed by atoms with Gasteiger partial charge >= 0.3 is 5.97 Å². The first-order valence-electron chi connectivity index (χ1n) is 12.3. The van der Waals surface area contributed by atoms with Crippen LogP contribution in [0.2, 0.25) is 0 Å². The van der Waals surface area contributed by atoms with Crippen molar-refractivity contribution in [1.29, 1.82) is 0 Å². The first-order chi connectivity index (χ1) is 16.6. The summed E-state index contributed by atoms with van der Waals surface area (Å²) in [6.07, 6.45) is 4.99. The fraction of sp³-hybridized carbons (Fsp3) is 0.536. The zero-order chi connectivity index (χ0) is 26.0. The summed E-state index contributed by atoms with van der Waals surface area (Å²) >= 11 is 0. The van der Waals surface area contributed by atoms with E-state index in [0.29, 0.717) is 25.8 Å². The summed E-state index contributed by atoms with van der Waals surface area (Å²) in [5.41, 5.74) is 1.82. The smallest absolute Gasteiger partial charge is 0.306 e. The highest BCUT2D eigenvalue weighted by molar-refractivity contribution is 5.86. The predicted octanol–water partition coefficient (Wildman–Crippen LogP) is 3.55. The van der Waals surface area contributed by atoms with Crippen molar-refractivity contribution in [2.24, 2.45) is 11.3 Å². The van der Waals surface area contributed by atoms with Gasteiger partial charge in [-0.05, 0) is 35.8 Å². The van der Waals surface area contributed by atoms with Crippen LogP contribution in [-0.4, -0.2) is 53.1 Å². The third-order valence-corrected chi connectivity index (χ3v) is 6.45. The monoisotopic (exact) mass is 484 g/mol. The van der Waals surface area contributed by atoms with E-state index in [1.165, 1.54) is 0 Å². The molecular formula is C28H40N2O5. The molecule has 0 aliphatic carbocycles. The van der Waals surface area contributed by atoms with Gasteiger partial charge in [-0.3, -0.25) is 14.4 Å². The molecule has 1 aromatic carbocycles. The van der Waals surface area contributed by atoms with E-state index in [1.807, 2.05) is 45.0 Å². The number of rotatable bonds is 12. The van der Waals surface area contributed by atoms with E-state index in [1.54, 1.807) is 17.1 Å². The molecule has 0 saturated carbocycles. The Morgan fingerprint density at radius 1 is 1.20 bits per heavy atom. The third kappa shape index (κ3) is 8.35. The second-order valence-corrected chi connectivity index (χ2v) is 10.2. The van der Waals surface area contributed by atoms with Gasteiger partial charge in [0.2, 0.25) is 11.8 Å². The zero-order valence-electron chi connectivity index (χ0n) is 21.3. The number of nitrogens with zero attached hydrogens (tertiary/aromatic N) is 1. The Hall–Kier alpha value is -2.93. The summed E-state index contributed by atoms with van der Waals surface area (Å²) in [4.78, 5) is 40.2. The summed E-state index contributed by atoms with van der Waals surface area (Å²) in [6.45, 7) is 13.6. The molecule has 1 aromatic rings. The van der Waals surface area contributed by atoms with Gasteiger partial charge in [0.1, 0.15) is 6.61 Å². The topological polar surface area (TPSA) is 95.9 Å². The highest BCUT2D eigenvalue weighted by Gasteiger charge is 2.34. The summed E-state index contributed by atoms with van der Waals surface area (Å²) in [5, 5.41) is 12.9. The molecule has 0 fully saturated rings. The fourth-order valence-electron chi connectivity index (χ4n) is 4.12. The van der Waals surface area contributed by atoms with Gasteiger partial charge in [0.05, 0.1) is 24.6 Å². The molecule has 0 saturated heterocycles. The highest BCUT2D eigenvalue weighted by atomic mass is 16.5. The minimum atomic E-state index is -0.613. The number of amides is 2. The molecule has 1 aliphatic rings. The van der Waals surface area contributed by atoms with Crippen LogP contribution in [0.3, 0.4) is 0 Å². The van der Waals surface area contributed by atoms with E-state index in [9.17, 15) is 19.5 Å². The lowest BCUT2D eigenvalue weighted by Crippen LogP contribution is -2.50. The maximum absolute atomic E-state index is 13.3. The van der Waals surface area contributed by atoms with Gasteiger partial charge in [-0.15, -0.1) is 13.2 Å². The van der Waals surface area contributed by atoms with Crippen molar-refractivity contribution in [3.05, 3.63) is 60.7 Å². The molecule has 3 unspecified atom stereocenters. The highest BCUT2D eigenvalue weighted by Crippen LogP contribution is 2.26. The molecule has 1 aliphatic heterocycles. The second kappa shape index (κ2) is 13.2. The van der Waals surface area contributed by atoms with Crippen LogP contribution in [0.25, 0.3) is 0 Å². The Kier molecular flexibility index (Phi) is 10.7. The van der Waals surface area contributed by atoms with Crippen LogP contribution in [0.1, 0.15) is 57.6 Å². The number of hydrogen-bond acceptors (Lipinski definition) is 5. The van der Waals surface area contributed by atoms with Crippen molar-refractivity contribution in [2.75, 3.05) is 13.2 Å². The van der Waals surface area contributed by atoms with Gasteiger partial charge < -0.3 is 20.1 Å². The zero-order valence-corrected chi connectivity index (χ0v) is 21.3. The predicted molar refractivity (Wildman–Crippen MR) is 136 cm³/mol. The summed E-state index contributed by atoms with van der Waals surface area (Å²) in [7, 11) is 0. The van der Waals surface area contributed by atoms with Gasteiger partial charge in [-0.25, -0.2) is 0 Å². The van der Waals surface area contributed by atoms with E-state index in [-0.39, 0.29) is 55.3 Å². The van der Waals surface area contributed by atoms with E-state index < -0.39 is 12.0 Å². The molecule has 0 spiro atoms. The molecule has 0 radical (unpaired) electrons. The maximum Gasteiger partial charge on any atom is 0.306 e. The number of allylic oxidation sites excluding steroid dienone is 2. The molecule has 1 heterocycles. The SMILES string of the molecule is C=CCCC(=O)OCC(NC(=O)C(CC=C)CC(=O)N1Cc2ccccc2CC1CO)C(C)(C)C. The van der Waals surface area contributed by atoms with Crippen LogP contribution in [-0.2, 0) is 32.1 Å². The summed E-state index contributed by atoms with van der Waals surface area (Å²) < 4.78 is 5.39. The van der Waals surface area contributed by atoms with Crippen molar-refractivity contribution in [3.8, 4) is 0 Å². The van der Waals surface area contributed by atoms with Gasteiger partial charge in [0, 0.05) is 19.4 Å². The maximum atomic E-state index is 13.3. The Morgan fingerprint density at radius 2 is 1.89 bits per heavy atom. The number of benzene rings is 1. The molecule has 7 nitrogen and oxygen atoms in total. The van der Waals surface area contributed by atoms with Crippen LogP contribution in [0.4, 0.5) is 0 Å². The van der Waals surface area contributed by atoms with Gasteiger partial charge in [-0.1, -0.05) is 57.2 Å². The Bertz CT molecular complexity index is 905. The van der Waals surface area contributed by atoms with Crippen molar-refractivity contribution in [2.45, 2.75) is 71.5 Å². The number of hydrogen-bond donors (Lipinski definition) is 2. The molecule has 3 atom stereocenters. The van der Waals surface area contributed by atoms with Crippen LogP contribution in [0.15, 0.2) is 49.6 Å². The number of carbonyl (C=O) groups is 3. The minimum Gasteiger partial charge on any atom is -0.463 e. The number of esters is 1. The Morgan fingerprint density at radius 3 is 2.49 bits per heavy atom. The van der Waals surface area contributed by atoms with Gasteiger partial charge in [0.15, 0.2) is 0 Å². The number of nitrogens with one attached hydrogen (secondary N) is 1. The van der Waals surface area contributed by atoms with Gasteiger partial charge in [-0.2, -0.15) is 0 Å². The van der Waals surface area contributed by atoms with Crippen molar-refractivity contribution in [3.63, 3.8) is 0 Å². The quantitative estimate of drug-likeness (QED) is 0.349. The van der Waals surface area contributed by atoms with E-state index in [4.69, 9.17) is 4.74 Å². The van der Waals surface area contributed by atoms with Gasteiger partial charge in [0.25, 0.3) is 0 Å². The minimum absolute atomic E-state index is 0.00645. The second-order valence-electron chi connectivity index (χ2n) is 10.2. The summed E-state index contributed by atoms with van der Waals surface area (Å²) in [5.74, 6) is -1.41. The molecule has 0 aromatic heterocycles. The number of carbonyl (C=O) groups excluding carboxylic acids is 3. The standard InChI is InChI=1S/C28H40N2O5/c1-6-8-14-26(33)35-19-24(28(3,4)5)29-27(34)21(11-7-2)16-25(32)30-17-22-13-10-9-12-20(22)15-23(30)18-31/h6-7,9-10,12-13,21,23-24,31H,1-2,8,11,14-19H2,3-5H3,(H,29,34). The average molecular weight is 485 g/mol. The van der Waals surface area contributed by atoms with E-state index in [2.05, 4.69) is 18.5 Å². The molecule has 2 N–H and O–H groups in total. The van der Waals surface area contributed by atoms with Crippen molar-refractivity contribution in [1.82, 2.24) is 10.2 Å². The van der Waals surface area contributed by atoms with Crippen LogP contribution in [0.5, 0.6) is 0 Å². The van der Waals surface area contributed by atoms with Crippen molar-refractivity contribution >= 4 is 17.8 Å². The largest absolute Gasteiger partial charge is 0.463 e. The van der Waals surface area contributed by atoms with E-state index >= 15 is 0 Å². The van der Waals surface area contributed by atoms with E-state index in [0.717, 1.165) is 11.1 Å². The normalized spacial score (nSPS) is 17.0. The molecular weight excluding hydrogens is 444 g/mol. The molecule has 2 rings (SSSR count). The average Bonchev–Trinajstić information content (AvgIpc) is 2.83. The lowest BCUT2D eigenvalue weighted by molar-refractivity contribution is -0.146. The number of fused-ring (bicyclic) bond motifs is 1. The molecule has 192 valence electrons.